The lowest BCUT2D eigenvalue weighted by molar-refractivity contribution is -0.121. The number of amides is 1. The minimum Gasteiger partial charge on any atom is -0.342 e. The van der Waals surface area contributed by atoms with Gasteiger partial charge in [0.05, 0.1) is 16.7 Å². The molecule has 0 bridgehead atoms. The molecule has 6 heteroatoms. The summed E-state index contributed by atoms with van der Waals surface area (Å²) >= 11 is 3.71. The number of para-hydroxylation sites is 1. The van der Waals surface area contributed by atoms with Gasteiger partial charge in [0.15, 0.2) is 0 Å². The van der Waals surface area contributed by atoms with Crippen molar-refractivity contribution in [3.05, 3.63) is 71.4 Å². The molecule has 1 fully saturated rings. The van der Waals surface area contributed by atoms with E-state index in [0.717, 1.165) is 34.5 Å². The Morgan fingerprint density at radius 1 is 1.17 bits per heavy atom. The van der Waals surface area contributed by atoms with Gasteiger partial charge in [0.2, 0.25) is 5.91 Å². The Kier molecular flexibility index (Phi) is 6.01. The van der Waals surface area contributed by atoms with E-state index < -0.39 is 0 Å². The van der Waals surface area contributed by atoms with Crippen LogP contribution in [0.5, 0.6) is 0 Å². The number of carbonyl (C=O) groups excluding carboxylic acids is 1. The number of fused-ring (bicyclic) bond motifs is 1. The van der Waals surface area contributed by atoms with E-state index in [0.29, 0.717) is 6.42 Å². The van der Waals surface area contributed by atoms with Crippen molar-refractivity contribution in [2.24, 2.45) is 5.10 Å². The highest BCUT2D eigenvalue weighted by atomic mass is 32.2. The van der Waals surface area contributed by atoms with Gasteiger partial charge in [-0.2, -0.15) is 5.10 Å². The Labute approximate surface area is 180 Å². The van der Waals surface area contributed by atoms with Gasteiger partial charge >= 0.3 is 0 Å². The average molecular weight is 424 g/mol. The summed E-state index contributed by atoms with van der Waals surface area (Å²) in [6.07, 6.45) is 4.34. The lowest BCUT2D eigenvalue weighted by atomic mass is 10.1. The second kappa shape index (κ2) is 8.67. The maximum absolute atomic E-state index is 12.3. The maximum atomic E-state index is 12.3. The predicted molar refractivity (Wildman–Crippen MR) is 126 cm³/mol. The molecule has 0 aliphatic carbocycles. The SMILES string of the molecule is Cc1ccccc1Cn1cc(/C=N\NC(=O)CC2(C)SCCS2)c2ccccc21. The zero-order chi connectivity index (χ0) is 20.3. The zero-order valence-corrected chi connectivity index (χ0v) is 18.4. The van der Waals surface area contributed by atoms with Gasteiger partial charge in [-0.25, -0.2) is 5.43 Å². The number of benzene rings is 2. The van der Waals surface area contributed by atoms with Crippen LogP contribution in [-0.4, -0.2) is 32.3 Å². The molecule has 4 nitrogen and oxygen atoms in total. The van der Waals surface area contributed by atoms with Gasteiger partial charge < -0.3 is 4.57 Å². The van der Waals surface area contributed by atoms with Crippen LogP contribution in [0.25, 0.3) is 10.9 Å². The van der Waals surface area contributed by atoms with Crippen molar-refractivity contribution < 1.29 is 4.79 Å². The van der Waals surface area contributed by atoms with E-state index in [9.17, 15) is 4.79 Å². The molecule has 1 aromatic heterocycles. The standard InChI is InChI=1S/C23H25N3OS2/c1-17-7-3-4-8-18(17)15-26-16-19(20-9-5-6-10-21(20)26)14-24-25-22(27)13-23(2)28-11-12-29-23/h3-10,14,16H,11-13,15H2,1-2H3,(H,25,27)/b24-14-. The van der Waals surface area contributed by atoms with Crippen LogP contribution in [0.1, 0.15) is 30.0 Å². The van der Waals surface area contributed by atoms with Gasteiger partial charge in [0.1, 0.15) is 0 Å². The minimum atomic E-state index is -0.0331. The molecule has 0 atom stereocenters. The quantitative estimate of drug-likeness (QED) is 0.447. The van der Waals surface area contributed by atoms with Crippen molar-refractivity contribution in [3.63, 3.8) is 0 Å². The first kappa shape index (κ1) is 20.1. The highest BCUT2D eigenvalue weighted by Gasteiger charge is 2.32. The van der Waals surface area contributed by atoms with E-state index in [1.807, 2.05) is 29.6 Å². The van der Waals surface area contributed by atoms with E-state index in [4.69, 9.17) is 0 Å². The molecule has 1 saturated heterocycles. The van der Waals surface area contributed by atoms with Crippen LogP contribution >= 0.6 is 23.5 Å². The molecule has 3 aromatic rings. The maximum Gasteiger partial charge on any atom is 0.242 e. The fraction of sp³-hybridized carbons (Fsp3) is 0.304. The molecule has 2 aromatic carbocycles. The first-order valence-corrected chi connectivity index (χ1v) is 11.7. The third-order valence-corrected chi connectivity index (χ3v) is 8.49. The number of nitrogens with one attached hydrogen (secondary N) is 1. The van der Waals surface area contributed by atoms with Crippen molar-refractivity contribution in [1.82, 2.24) is 9.99 Å². The van der Waals surface area contributed by atoms with E-state index >= 15 is 0 Å². The van der Waals surface area contributed by atoms with E-state index in [2.05, 4.69) is 77.6 Å². The molecule has 0 spiro atoms. The fourth-order valence-electron chi connectivity index (χ4n) is 3.64. The number of hydrazone groups is 1. The fourth-order valence-corrected chi connectivity index (χ4v) is 6.47. The zero-order valence-electron chi connectivity index (χ0n) is 16.7. The van der Waals surface area contributed by atoms with Crippen LogP contribution in [0.4, 0.5) is 0 Å². The summed E-state index contributed by atoms with van der Waals surface area (Å²) in [5.74, 6) is 2.19. The molecule has 29 heavy (non-hydrogen) atoms. The number of hydrogen-bond acceptors (Lipinski definition) is 4. The van der Waals surface area contributed by atoms with Gasteiger partial charge in [0.25, 0.3) is 0 Å². The van der Waals surface area contributed by atoms with Crippen molar-refractivity contribution in [2.75, 3.05) is 11.5 Å². The van der Waals surface area contributed by atoms with Gasteiger partial charge in [-0.15, -0.1) is 23.5 Å². The van der Waals surface area contributed by atoms with Crippen LogP contribution in [0.2, 0.25) is 0 Å². The van der Waals surface area contributed by atoms with Crippen LogP contribution < -0.4 is 5.43 Å². The summed E-state index contributed by atoms with van der Waals surface area (Å²) in [6.45, 7) is 5.08. The second-order valence-corrected chi connectivity index (χ2v) is 10.9. The van der Waals surface area contributed by atoms with Crippen LogP contribution in [0.15, 0.2) is 59.8 Å². The highest BCUT2D eigenvalue weighted by molar-refractivity contribution is 8.21. The summed E-state index contributed by atoms with van der Waals surface area (Å²) in [4.78, 5) is 12.3. The number of thioether (sulfide) groups is 2. The number of nitrogens with zero attached hydrogens (tertiary/aromatic N) is 2. The molecule has 1 aliphatic heterocycles. The van der Waals surface area contributed by atoms with Crippen molar-refractivity contribution >= 4 is 46.5 Å². The lowest BCUT2D eigenvalue weighted by Gasteiger charge is -2.19. The van der Waals surface area contributed by atoms with Crippen LogP contribution in [0, 0.1) is 6.92 Å². The number of aromatic nitrogens is 1. The Bertz CT molecular complexity index is 1050. The Hall–Kier alpha value is -2.18. The molecule has 0 unspecified atom stereocenters. The molecular formula is C23H25N3OS2. The third-order valence-electron chi connectivity index (χ3n) is 5.19. The smallest absolute Gasteiger partial charge is 0.242 e. The topological polar surface area (TPSA) is 46.4 Å². The molecular weight excluding hydrogens is 398 g/mol. The average Bonchev–Trinajstić information content (AvgIpc) is 3.28. The van der Waals surface area contributed by atoms with Gasteiger partial charge in [0, 0.05) is 40.7 Å². The van der Waals surface area contributed by atoms with E-state index in [-0.39, 0.29) is 9.99 Å². The van der Waals surface area contributed by atoms with Crippen LogP contribution in [-0.2, 0) is 11.3 Å². The van der Waals surface area contributed by atoms with Gasteiger partial charge in [-0.3, -0.25) is 4.79 Å². The minimum absolute atomic E-state index is 0.0246. The third kappa shape index (κ3) is 4.70. The molecule has 1 N–H and O–H groups in total. The summed E-state index contributed by atoms with van der Waals surface area (Å²) in [7, 11) is 0. The van der Waals surface area contributed by atoms with Gasteiger partial charge in [-0.05, 0) is 31.0 Å². The lowest BCUT2D eigenvalue weighted by Crippen LogP contribution is -2.26. The molecule has 0 radical (unpaired) electrons. The number of rotatable bonds is 6. The Balaban J connectivity index is 1.51. The summed E-state index contributed by atoms with van der Waals surface area (Å²) in [6, 6.07) is 16.8. The summed E-state index contributed by atoms with van der Waals surface area (Å²) < 4.78 is 2.22. The second-order valence-electron chi connectivity index (χ2n) is 7.46. The molecule has 0 saturated carbocycles. The Morgan fingerprint density at radius 2 is 1.90 bits per heavy atom. The monoisotopic (exact) mass is 423 g/mol. The van der Waals surface area contributed by atoms with E-state index in [1.165, 1.54) is 11.1 Å². The largest absolute Gasteiger partial charge is 0.342 e. The molecule has 2 heterocycles. The first-order chi connectivity index (χ1) is 14.0. The molecule has 1 amide bonds. The highest BCUT2D eigenvalue weighted by Crippen LogP contribution is 2.45. The molecule has 4 rings (SSSR count). The summed E-state index contributed by atoms with van der Waals surface area (Å²) in [5.41, 5.74) is 7.45. The van der Waals surface area contributed by atoms with Crippen LogP contribution in [0.3, 0.4) is 0 Å². The normalized spacial score (nSPS) is 15.9. The van der Waals surface area contributed by atoms with Gasteiger partial charge in [-0.1, -0.05) is 42.5 Å². The van der Waals surface area contributed by atoms with Crippen molar-refractivity contribution in [1.29, 1.82) is 0 Å². The summed E-state index contributed by atoms with van der Waals surface area (Å²) in [5, 5.41) is 5.38. The molecule has 150 valence electrons. The first-order valence-electron chi connectivity index (χ1n) is 9.76. The van der Waals surface area contributed by atoms with Crippen molar-refractivity contribution in [2.45, 2.75) is 30.9 Å². The number of aryl methyl sites for hydroxylation is 1. The number of carbonyl (C=O) groups is 1. The Morgan fingerprint density at radius 3 is 2.69 bits per heavy atom. The van der Waals surface area contributed by atoms with E-state index in [1.54, 1.807) is 6.21 Å². The molecule has 1 aliphatic rings. The van der Waals surface area contributed by atoms with Crippen molar-refractivity contribution in [3.8, 4) is 0 Å². The predicted octanol–water partition coefficient (Wildman–Crippen LogP) is 5.03. The number of hydrogen-bond donors (Lipinski definition) is 1.